The van der Waals surface area contributed by atoms with E-state index in [9.17, 15) is 9.00 Å². The zero-order valence-electron chi connectivity index (χ0n) is 8.31. The Morgan fingerprint density at radius 2 is 2.29 bits per heavy atom. The van der Waals surface area contributed by atoms with Crippen LogP contribution in [-0.2, 0) is 15.9 Å². The second-order valence-electron chi connectivity index (χ2n) is 3.32. The second-order valence-corrected chi connectivity index (χ2v) is 4.25. The van der Waals surface area contributed by atoms with E-state index in [1.54, 1.807) is 13.8 Å². The molecule has 0 saturated carbocycles. The highest BCUT2D eigenvalue weighted by molar-refractivity contribution is 7.79. The molecule has 0 aromatic carbocycles. The Kier molecular flexibility index (Phi) is 5.32. The minimum atomic E-state index is -1.90. The summed E-state index contributed by atoms with van der Waals surface area (Å²) < 4.78 is 19.1. The topological polar surface area (TPSA) is 88.0 Å². The first kappa shape index (κ1) is 13.1. The molecule has 0 heterocycles. The predicted molar refractivity (Wildman–Crippen MR) is 53.5 cm³/mol. The van der Waals surface area contributed by atoms with Crippen molar-refractivity contribution >= 4 is 23.4 Å². The van der Waals surface area contributed by atoms with E-state index in [0.29, 0.717) is 0 Å². The molecule has 0 radical (unpaired) electrons. The molecule has 6 nitrogen and oxygen atoms in total. The molecule has 1 amide bonds. The van der Waals surface area contributed by atoms with Gasteiger partial charge in [-0.15, -0.1) is 0 Å². The van der Waals surface area contributed by atoms with Crippen molar-refractivity contribution < 1.29 is 18.4 Å². The van der Waals surface area contributed by atoms with Gasteiger partial charge in [-0.3, -0.25) is 4.84 Å². The summed E-state index contributed by atoms with van der Waals surface area (Å²) in [6.07, 6.45) is 0.637. The molecule has 0 spiro atoms. The largest absolute Gasteiger partial charge is 0.433 e. The molecule has 0 aromatic rings. The number of oxime groups is 1. The lowest BCUT2D eigenvalue weighted by atomic mass is 9.99. The SMILES string of the molecule is CNC(=O)ON=CC(C)(C)CS(=O)O. The van der Waals surface area contributed by atoms with E-state index in [-0.39, 0.29) is 5.75 Å². The van der Waals surface area contributed by atoms with Gasteiger partial charge in [-0.1, -0.05) is 19.0 Å². The molecular weight excluding hydrogens is 208 g/mol. The van der Waals surface area contributed by atoms with Gasteiger partial charge in [-0.25, -0.2) is 9.00 Å². The fourth-order valence-electron chi connectivity index (χ4n) is 0.618. The molecule has 1 atom stereocenters. The quantitative estimate of drug-likeness (QED) is 0.315. The average Bonchev–Trinajstić information content (AvgIpc) is 2.01. The normalized spacial score (nSPS) is 14.0. The maximum atomic E-state index is 10.6. The van der Waals surface area contributed by atoms with Gasteiger partial charge in [-0.2, -0.15) is 0 Å². The lowest BCUT2D eigenvalue weighted by Crippen LogP contribution is -2.23. The van der Waals surface area contributed by atoms with Gasteiger partial charge in [0.05, 0.1) is 12.0 Å². The van der Waals surface area contributed by atoms with Crippen LogP contribution in [0.2, 0.25) is 0 Å². The molecule has 0 aliphatic heterocycles. The summed E-state index contributed by atoms with van der Waals surface area (Å²) in [7, 11) is 1.41. The third kappa shape index (κ3) is 6.55. The molecule has 82 valence electrons. The Hall–Kier alpha value is -0.950. The Labute approximate surface area is 85.0 Å². The fraction of sp³-hybridized carbons (Fsp3) is 0.714. The van der Waals surface area contributed by atoms with Gasteiger partial charge in [0.25, 0.3) is 0 Å². The Morgan fingerprint density at radius 1 is 1.71 bits per heavy atom. The first-order valence-electron chi connectivity index (χ1n) is 3.88. The first-order valence-corrected chi connectivity index (χ1v) is 5.15. The van der Waals surface area contributed by atoms with E-state index >= 15 is 0 Å². The Balaban J connectivity index is 4.07. The summed E-state index contributed by atoms with van der Waals surface area (Å²) >= 11 is -1.90. The van der Waals surface area contributed by atoms with Crippen LogP contribution in [0.1, 0.15) is 13.8 Å². The number of nitrogens with one attached hydrogen (secondary N) is 1. The number of hydrogen-bond acceptors (Lipinski definition) is 4. The third-order valence-corrected chi connectivity index (χ3v) is 2.23. The molecular formula is C7H14N2O4S. The molecule has 0 saturated heterocycles. The van der Waals surface area contributed by atoms with Crippen LogP contribution < -0.4 is 5.32 Å². The van der Waals surface area contributed by atoms with Crippen LogP contribution in [-0.4, -0.2) is 33.9 Å². The lowest BCUT2D eigenvalue weighted by Gasteiger charge is -2.14. The molecule has 7 heteroatoms. The molecule has 0 rings (SSSR count). The van der Waals surface area contributed by atoms with Crippen molar-refractivity contribution in [1.82, 2.24) is 5.32 Å². The van der Waals surface area contributed by atoms with Crippen LogP contribution in [0, 0.1) is 5.41 Å². The van der Waals surface area contributed by atoms with E-state index in [1.807, 2.05) is 0 Å². The third-order valence-electron chi connectivity index (χ3n) is 1.24. The number of carbonyl (C=O) groups is 1. The minimum Gasteiger partial charge on any atom is -0.323 e. The first-order chi connectivity index (χ1) is 6.37. The highest BCUT2D eigenvalue weighted by Gasteiger charge is 2.18. The number of rotatable bonds is 4. The molecule has 0 fully saturated rings. The number of carbonyl (C=O) groups excluding carboxylic acids is 1. The average molecular weight is 222 g/mol. The number of amides is 1. The minimum absolute atomic E-state index is 0.0353. The fourth-order valence-corrected chi connectivity index (χ4v) is 1.33. The van der Waals surface area contributed by atoms with Gasteiger partial charge >= 0.3 is 6.09 Å². The highest BCUT2D eigenvalue weighted by atomic mass is 32.2. The van der Waals surface area contributed by atoms with Gasteiger partial charge < -0.3 is 9.87 Å². The molecule has 0 aromatic heterocycles. The summed E-state index contributed by atoms with van der Waals surface area (Å²) in [5.41, 5.74) is -0.590. The standard InChI is InChI=1S/C7H14N2O4S/c1-7(2,5-14(11)12)4-9-13-6(10)8-3/h4H,5H2,1-3H3,(H,8,10)(H,11,12). The summed E-state index contributed by atoms with van der Waals surface area (Å²) in [6.45, 7) is 3.41. The van der Waals surface area contributed by atoms with Crippen LogP contribution in [0.25, 0.3) is 0 Å². The summed E-state index contributed by atoms with van der Waals surface area (Å²) in [5.74, 6) is 0.0353. The van der Waals surface area contributed by atoms with Crippen LogP contribution in [0.15, 0.2) is 5.16 Å². The monoisotopic (exact) mass is 222 g/mol. The summed E-state index contributed by atoms with van der Waals surface area (Å²) in [4.78, 5) is 14.9. The zero-order chi connectivity index (χ0) is 11.2. The van der Waals surface area contributed by atoms with Crippen LogP contribution in [0.4, 0.5) is 4.79 Å². The zero-order valence-corrected chi connectivity index (χ0v) is 9.13. The number of hydrogen-bond donors (Lipinski definition) is 2. The van der Waals surface area contributed by atoms with E-state index < -0.39 is 22.6 Å². The maximum Gasteiger partial charge on any atom is 0.433 e. The van der Waals surface area contributed by atoms with Gasteiger partial charge in [0.15, 0.2) is 11.1 Å². The van der Waals surface area contributed by atoms with Crippen LogP contribution in [0.3, 0.4) is 0 Å². The van der Waals surface area contributed by atoms with Gasteiger partial charge in [0, 0.05) is 12.5 Å². The Bertz CT molecular complexity index is 252. The molecule has 14 heavy (non-hydrogen) atoms. The van der Waals surface area contributed by atoms with E-state index in [2.05, 4.69) is 15.3 Å². The van der Waals surface area contributed by atoms with E-state index in [4.69, 9.17) is 4.55 Å². The maximum absolute atomic E-state index is 10.6. The van der Waals surface area contributed by atoms with Crippen molar-refractivity contribution in [3.05, 3.63) is 0 Å². The summed E-state index contributed by atoms with van der Waals surface area (Å²) in [5, 5.41) is 5.59. The van der Waals surface area contributed by atoms with E-state index in [0.717, 1.165) is 0 Å². The van der Waals surface area contributed by atoms with Gasteiger partial charge in [0.1, 0.15) is 0 Å². The second kappa shape index (κ2) is 5.71. The molecule has 0 aliphatic rings. The van der Waals surface area contributed by atoms with Crippen molar-refractivity contribution in [1.29, 1.82) is 0 Å². The molecule has 1 unspecified atom stereocenters. The molecule has 2 N–H and O–H groups in total. The lowest BCUT2D eigenvalue weighted by molar-refractivity contribution is 0.153. The van der Waals surface area contributed by atoms with Crippen LogP contribution >= 0.6 is 0 Å². The summed E-state index contributed by atoms with van der Waals surface area (Å²) in [6, 6.07) is 0. The van der Waals surface area contributed by atoms with Crippen molar-refractivity contribution in [3.63, 3.8) is 0 Å². The van der Waals surface area contributed by atoms with Gasteiger partial charge in [-0.05, 0) is 0 Å². The molecule has 0 bridgehead atoms. The predicted octanol–water partition coefficient (Wildman–Crippen LogP) is 0.576. The van der Waals surface area contributed by atoms with Gasteiger partial charge in [0.2, 0.25) is 0 Å². The highest BCUT2D eigenvalue weighted by Crippen LogP contribution is 2.12. The van der Waals surface area contributed by atoms with Crippen LogP contribution in [0.5, 0.6) is 0 Å². The van der Waals surface area contributed by atoms with Crippen molar-refractivity contribution in [2.24, 2.45) is 10.6 Å². The van der Waals surface area contributed by atoms with Crippen molar-refractivity contribution in [2.45, 2.75) is 13.8 Å². The molecule has 0 aliphatic carbocycles. The van der Waals surface area contributed by atoms with Crippen molar-refractivity contribution in [3.8, 4) is 0 Å². The smallest absolute Gasteiger partial charge is 0.323 e. The number of nitrogens with zero attached hydrogens (tertiary/aromatic N) is 1. The Morgan fingerprint density at radius 3 is 2.71 bits per heavy atom. The van der Waals surface area contributed by atoms with E-state index in [1.165, 1.54) is 13.3 Å². The van der Waals surface area contributed by atoms with Crippen molar-refractivity contribution in [2.75, 3.05) is 12.8 Å².